The van der Waals surface area contributed by atoms with Gasteiger partial charge in [-0.3, -0.25) is 9.69 Å². The molecule has 0 aliphatic carbocycles. The number of hydrogen-bond donors (Lipinski definition) is 0. The highest BCUT2D eigenvalue weighted by Crippen LogP contribution is 2.21. The Labute approximate surface area is 144 Å². The fourth-order valence-electron chi connectivity index (χ4n) is 3.59. The van der Waals surface area contributed by atoms with Crippen LogP contribution in [0.1, 0.15) is 18.4 Å². The Morgan fingerprint density at radius 1 is 1.08 bits per heavy atom. The molecule has 24 heavy (non-hydrogen) atoms. The van der Waals surface area contributed by atoms with Gasteiger partial charge in [-0.1, -0.05) is 30.3 Å². The quantitative estimate of drug-likeness (QED) is 0.801. The maximum atomic E-state index is 12.4. The molecule has 1 aromatic carbocycles. The fourth-order valence-corrected chi connectivity index (χ4v) is 5.32. The van der Waals surface area contributed by atoms with Crippen LogP contribution in [-0.2, 0) is 21.1 Å². The maximum Gasteiger partial charge on any atom is 0.226 e. The van der Waals surface area contributed by atoms with E-state index in [1.165, 1.54) is 5.56 Å². The van der Waals surface area contributed by atoms with E-state index in [0.29, 0.717) is 6.42 Å². The Balaban J connectivity index is 1.39. The van der Waals surface area contributed by atoms with Crippen LogP contribution in [0.3, 0.4) is 0 Å². The summed E-state index contributed by atoms with van der Waals surface area (Å²) >= 11 is 0. The molecule has 1 atom stereocenters. The van der Waals surface area contributed by atoms with Gasteiger partial charge in [0.2, 0.25) is 5.91 Å². The van der Waals surface area contributed by atoms with Crippen LogP contribution in [-0.4, -0.2) is 68.4 Å². The molecule has 0 bridgehead atoms. The van der Waals surface area contributed by atoms with Gasteiger partial charge in [-0.2, -0.15) is 0 Å². The van der Waals surface area contributed by atoms with Gasteiger partial charge in [0.25, 0.3) is 0 Å². The zero-order valence-corrected chi connectivity index (χ0v) is 14.9. The molecule has 1 aromatic rings. The van der Waals surface area contributed by atoms with E-state index >= 15 is 0 Å². The third-order valence-electron chi connectivity index (χ3n) is 5.05. The molecule has 2 heterocycles. The summed E-state index contributed by atoms with van der Waals surface area (Å²) in [5.41, 5.74) is 1.37. The van der Waals surface area contributed by atoms with Gasteiger partial charge in [0.15, 0.2) is 9.84 Å². The number of amides is 1. The Hall–Kier alpha value is -1.40. The summed E-state index contributed by atoms with van der Waals surface area (Å²) < 4.78 is 23.1. The second-order valence-electron chi connectivity index (χ2n) is 6.86. The average Bonchev–Trinajstić information content (AvgIpc) is 2.96. The molecule has 0 radical (unpaired) electrons. The lowest BCUT2D eigenvalue weighted by molar-refractivity contribution is -0.136. The summed E-state index contributed by atoms with van der Waals surface area (Å²) in [6.07, 6.45) is 2.71. The largest absolute Gasteiger partial charge is 0.340 e. The van der Waals surface area contributed by atoms with Crippen LogP contribution >= 0.6 is 0 Å². The zero-order chi connectivity index (χ0) is 17.0. The lowest BCUT2D eigenvalue weighted by Gasteiger charge is -2.35. The van der Waals surface area contributed by atoms with Gasteiger partial charge in [-0.05, 0) is 31.4 Å². The first-order chi connectivity index (χ1) is 11.5. The number of benzene rings is 1. The van der Waals surface area contributed by atoms with Crippen molar-refractivity contribution in [3.63, 3.8) is 0 Å². The predicted octanol–water partition coefficient (Wildman–Crippen LogP) is 1.20. The zero-order valence-electron chi connectivity index (χ0n) is 14.1. The molecule has 6 heteroatoms. The number of hydrogen-bond acceptors (Lipinski definition) is 4. The highest BCUT2D eigenvalue weighted by atomic mass is 32.2. The molecule has 3 rings (SSSR count). The Morgan fingerprint density at radius 2 is 1.79 bits per heavy atom. The molecule has 2 aliphatic heterocycles. The maximum absolute atomic E-state index is 12.4. The molecule has 1 unspecified atom stereocenters. The van der Waals surface area contributed by atoms with Crippen molar-refractivity contribution in [2.45, 2.75) is 19.3 Å². The second-order valence-corrected chi connectivity index (χ2v) is 9.08. The summed E-state index contributed by atoms with van der Waals surface area (Å²) in [5.74, 6) is -0.0500. The van der Waals surface area contributed by atoms with Crippen LogP contribution in [0.2, 0.25) is 0 Å². The summed E-state index contributed by atoms with van der Waals surface area (Å²) in [5, 5.41) is 0. The van der Waals surface area contributed by atoms with E-state index in [1.807, 2.05) is 11.0 Å². The number of rotatable bonds is 5. The van der Waals surface area contributed by atoms with Gasteiger partial charge in [0.1, 0.15) is 0 Å². The standard InChI is InChI=1S/C18H26N2O3S/c21-18(17-8-14-24(22,23)15-17)20-12-10-19(11-13-20)9-4-7-16-5-2-1-3-6-16/h1-3,5-6,17H,4,7-15H2. The van der Waals surface area contributed by atoms with Crippen molar-refractivity contribution in [3.05, 3.63) is 35.9 Å². The van der Waals surface area contributed by atoms with Crippen LogP contribution in [0.5, 0.6) is 0 Å². The van der Waals surface area contributed by atoms with Crippen molar-refractivity contribution in [3.8, 4) is 0 Å². The highest BCUT2D eigenvalue weighted by Gasteiger charge is 2.36. The monoisotopic (exact) mass is 350 g/mol. The third kappa shape index (κ3) is 4.57. The molecule has 5 nitrogen and oxygen atoms in total. The minimum atomic E-state index is -2.99. The normalized spacial score (nSPS) is 24.2. The van der Waals surface area contributed by atoms with E-state index in [-0.39, 0.29) is 23.3 Å². The first-order valence-electron chi connectivity index (χ1n) is 8.79. The van der Waals surface area contributed by atoms with Crippen LogP contribution in [0.4, 0.5) is 0 Å². The Morgan fingerprint density at radius 3 is 2.42 bits per heavy atom. The SMILES string of the molecule is O=C(C1CCS(=O)(=O)C1)N1CCN(CCCc2ccccc2)CC1. The van der Waals surface area contributed by atoms with Crippen LogP contribution in [0.15, 0.2) is 30.3 Å². The van der Waals surface area contributed by atoms with Crippen LogP contribution in [0, 0.1) is 5.92 Å². The lowest BCUT2D eigenvalue weighted by atomic mass is 10.1. The summed E-state index contributed by atoms with van der Waals surface area (Å²) in [6.45, 7) is 4.27. The van der Waals surface area contributed by atoms with E-state index < -0.39 is 9.84 Å². The molecular weight excluding hydrogens is 324 g/mol. The first kappa shape index (κ1) is 17.4. The average molecular weight is 350 g/mol. The number of carbonyl (C=O) groups excluding carboxylic acids is 1. The molecular formula is C18H26N2O3S. The van der Waals surface area contributed by atoms with Gasteiger partial charge < -0.3 is 4.90 Å². The van der Waals surface area contributed by atoms with Crippen molar-refractivity contribution >= 4 is 15.7 Å². The number of nitrogens with zero attached hydrogens (tertiary/aromatic N) is 2. The van der Waals surface area contributed by atoms with Crippen molar-refractivity contribution in [2.75, 3.05) is 44.2 Å². The number of sulfone groups is 1. The second kappa shape index (κ2) is 7.66. The van der Waals surface area contributed by atoms with Crippen LogP contribution in [0.25, 0.3) is 0 Å². The number of carbonyl (C=O) groups is 1. The lowest BCUT2D eigenvalue weighted by Crippen LogP contribution is -2.50. The molecule has 0 N–H and O–H groups in total. The molecule has 132 valence electrons. The van der Waals surface area contributed by atoms with Crippen molar-refractivity contribution in [2.24, 2.45) is 5.92 Å². The highest BCUT2D eigenvalue weighted by molar-refractivity contribution is 7.91. The predicted molar refractivity (Wildman–Crippen MR) is 94.5 cm³/mol. The van der Waals surface area contributed by atoms with E-state index in [9.17, 15) is 13.2 Å². The number of aryl methyl sites for hydroxylation is 1. The number of piperazine rings is 1. The molecule has 2 fully saturated rings. The molecule has 0 aromatic heterocycles. The van der Waals surface area contributed by atoms with Gasteiger partial charge in [-0.15, -0.1) is 0 Å². The van der Waals surface area contributed by atoms with E-state index in [4.69, 9.17) is 0 Å². The topological polar surface area (TPSA) is 57.7 Å². The molecule has 1 amide bonds. The Bertz CT molecular complexity index is 652. The smallest absolute Gasteiger partial charge is 0.226 e. The molecule has 0 spiro atoms. The Kier molecular flexibility index (Phi) is 5.56. The molecule has 2 aliphatic rings. The minimum Gasteiger partial charge on any atom is -0.340 e. The van der Waals surface area contributed by atoms with Crippen molar-refractivity contribution < 1.29 is 13.2 Å². The third-order valence-corrected chi connectivity index (χ3v) is 6.82. The fraction of sp³-hybridized carbons (Fsp3) is 0.611. The molecule has 2 saturated heterocycles. The first-order valence-corrected chi connectivity index (χ1v) is 10.6. The van der Waals surface area contributed by atoms with E-state index in [2.05, 4.69) is 29.2 Å². The van der Waals surface area contributed by atoms with Gasteiger partial charge in [0.05, 0.1) is 17.4 Å². The summed E-state index contributed by atoms with van der Waals surface area (Å²) in [6, 6.07) is 10.5. The van der Waals surface area contributed by atoms with Crippen molar-refractivity contribution in [1.29, 1.82) is 0 Å². The summed E-state index contributed by atoms with van der Waals surface area (Å²) in [7, 11) is -2.99. The van der Waals surface area contributed by atoms with Crippen molar-refractivity contribution in [1.82, 2.24) is 9.80 Å². The minimum absolute atomic E-state index is 0.0417. The van der Waals surface area contributed by atoms with E-state index in [0.717, 1.165) is 45.6 Å². The summed E-state index contributed by atoms with van der Waals surface area (Å²) in [4.78, 5) is 16.7. The molecule has 0 saturated carbocycles. The van der Waals surface area contributed by atoms with E-state index in [1.54, 1.807) is 0 Å². The van der Waals surface area contributed by atoms with Gasteiger partial charge >= 0.3 is 0 Å². The van der Waals surface area contributed by atoms with Gasteiger partial charge in [-0.25, -0.2) is 8.42 Å². The van der Waals surface area contributed by atoms with Crippen LogP contribution < -0.4 is 0 Å². The van der Waals surface area contributed by atoms with Gasteiger partial charge in [0, 0.05) is 26.2 Å².